The van der Waals surface area contributed by atoms with Crippen LogP contribution in [0.25, 0.3) is 33.0 Å². The van der Waals surface area contributed by atoms with Crippen molar-refractivity contribution in [1.29, 1.82) is 0 Å². The summed E-state index contributed by atoms with van der Waals surface area (Å²) < 4.78 is 36.8. The minimum Gasteiger partial charge on any atom is -0.505 e. The fourth-order valence-corrected chi connectivity index (χ4v) is 9.47. The number of phenolic OH excluding ortho intramolecular Hbond substituents is 1. The summed E-state index contributed by atoms with van der Waals surface area (Å²) in [5, 5.41) is 40.9. The molecule has 0 saturated carbocycles. The van der Waals surface area contributed by atoms with Gasteiger partial charge >= 0.3 is 11.8 Å². The number of aliphatic hydroxyl groups excluding tert-OH is 2. The number of unbranched alkanes of at least 4 members (excludes halogenated alkanes) is 1. The summed E-state index contributed by atoms with van der Waals surface area (Å²) in [5.41, 5.74) is -0.540. The lowest BCUT2D eigenvalue weighted by Gasteiger charge is -2.38. The molecule has 17 nitrogen and oxygen atoms in total. The Kier molecular flexibility index (Phi) is 15.3. The van der Waals surface area contributed by atoms with Crippen LogP contribution in [0.5, 0.6) is 17.2 Å². The van der Waals surface area contributed by atoms with Crippen molar-refractivity contribution in [3.63, 3.8) is 0 Å². The van der Waals surface area contributed by atoms with Crippen molar-refractivity contribution in [3.8, 4) is 17.2 Å². The number of ether oxygens (including phenoxy) is 5. The first-order valence-electron chi connectivity index (χ1n) is 23.3. The van der Waals surface area contributed by atoms with E-state index in [0.717, 1.165) is 45.6 Å². The largest absolute Gasteiger partial charge is 0.505 e. The number of aromatic hydroxyl groups is 1. The third-order valence-corrected chi connectivity index (χ3v) is 13.7. The van der Waals surface area contributed by atoms with Gasteiger partial charge in [0.25, 0.3) is 11.7 Å². The van der Waals surface area contributed by atoms with E-state index in [1.165, 1.54) is 46.3 Å². The summed E-state index contributed by atoms with van der Waals surface area (Å²) in [4.78, 5) is 63.2. The summed E-state index contributed by atoms with van der Waals surface area (Å²) in [6.07, 6.45) is 5.32. The minimum atomic E-state index is -2.06. The van der Waals surface area contributed by atoms with Crippen molar-refractivity contribution in [2.24, 2.45) is 23.7 Å². The number of nitrogens with one attached hydrogen (secondary N) is 2. The molecule has 3 aliphatic rings. The second kappa shape index (κ2) is 20.8. The molecule has 0 unspecified atom stereocenters. The van der Waals surface area contributed by atoms with E-state index < -0.39 is 82.7 Å². The number of methoxy groups -OCH3 is 1. The van der Waals surface area contributed by atoms with Gasteiger partial charge in [0.05, 0.1) is 42.1 Å². The van der Waals surface area contributed by atoms with Crippen LogP contribution in [0.1, 0.15) is 77.2 Å². The highest BCUT2D eigenvalue weighted by Gasteiger charge is 2.49. The van der Waals surface area contributed by atoms with Crippen LogP contribution in [0.3, 0.4) is 0 Å². The van der Waals surface area contributed by atoms with E-state index in [1.807, 2.05) is 0 Å². The predicted molar refractivity (Wildman–Crippen MR) is 256 cm³/mol. The van der Waals surface area contributed by atoms with Gasteiger partial charge in [-0.1, -0.05) is 52.0 Å². The Morgan fingerprint density at radius 3 is 2.41 bits per heavy atom. The molecule has 17 heteroatoms. The van der Waals surface area contributed by atoms with Crippen LogP contribution in [-0.2, 0) is 23.8 Å². The van der Waals surface area contributed by atoms with Gasteiger partial charge in [-0.2, -0.15) is 0 Å². The standard InChI is InChI=1S/C51H64N4O13/c1-26-14-12-15-27(2)50(62)54-41-45(60)37-36(40-48(41)67-35-17-13-16-34(39(35)53-40)64-24-11-10-21-55-22-19-52-20-23-55)38-47(31(6)44(37)59)68-51(8,49(38)61)65-25-18-33(63-9)28(3)46(66-32(7)56)30(5)43(58)29(4)42(26)57/h12-18,25-26,28-30,33,42-43,46,52,57-58,60H,10-11,19-24H2,1-9H3,(H,54,62)/b14-12+,25-18+,27-15-/t26-,28+,29+,30+,33-,42-,43+,46+,51-/m0/s1. The third kappa shape index (κ3) is 9.85. The van der Waals surface area contributed by atoms with Gasteiger partial charge in [0, 0.05) is 87.3 Å². The average Bonchev–Trinajstić information content (AvgIpc) is 3.59. The molecule has 3 aromatic carbocycles. The molecule has 0 spiro atoms. The smallest absolute Gasteiger partial charge is 0.312 e. The molecule has 4 heterocycles. The van der Waals surface area contributed by atoms with Gasteiger partial charge < -0.3 is 59.0 Å². The van der Waals surface area contributed by atoms with Gasteiger partial charge in [-0.3, -0.25) is 19.2 Å². The number of para-hydroxylation sites is 1. The number of amides is 1. The average molecular weight is 941 g/mol. The van der Waals surface area contributed by atoms with Crippen LogP contribution >= 0.6 is 0 Å². The molecule has 3 aliphatic heterocycles. The number of allylic oxidation sites excluding steroid dienone is 2. The third-order valence-electron chi connectivity index (χ3n) is 13.7. The van der Waals surface area contributed by atoms with Gasteiger partial charge in [0.1, 0.15) is 34.3 Å². The lowest BCUT2D eigenvalue weighted by atomic mass is 9.78. The van der Waals surface area contributed by atoms with E-state index in [4.69, 9.17) is 33.1 Å². The highest BCUT2D eigenvalue weighted by Crippen LogP contribution is 2.49. The molecule has 4 bridgehead atoms. The number of anilines is 1. The van der Waals surface area contributed by atoms with Crippen LogP contribution in [0.4, 0.5) is 5.69 Å². The number of aliphatic hydroxyl groups is 2. The summed E-state index contributed by atoms with van der Waals surface area (Å²) in [5.74, 6) is -6.89. The number of rotatable bonds is 8. The fourth-order valence-electron chi connectivity index (χ4n) is 9.47. The number of fused-ring (bicyclic) bond motifs is 2. The number of nitrogens with zero attached hydrogens (tertiary/aromatic N) is 2. The first kappa shape index (κ1) is 50.0. The number of hydrogen-bond donors (Lipinski definition) is 5. The summed E-state index contributed by atoms with van der Waals surface area (Å²) in [6.45, 7) is 17.8. The Labute approximate surface area is 395 Å². The number of carbonyl (C=O) groups is 3. The Bertz CT molecular complexity index is 2720. The fraction of sp³-hybridized carbons (Fsp3) is 0.510. The molecule has 1 aromatic heterocycles. The van der Waals surface area contributed by atoms with Gasteiger partial charge in [-0.05, 0) is 51.4 Å². The van der Waals surface area contributed by atoms with Gasteiger partial charge in [0.15, 0.2) is 22.3 Å². The molecule has 0 radical (unpaired) electrons. The highest BCUT2D eigenvalue weighted by molar-refractivity contribution is 6.26. The number of benzene rings is 3. The second-order valence-electron chi connectivity index (χ2n) is 18.5. The van der Waals surface area contributed by atoms with E-state index in [1.54, 1.807) is 65.0 Å². The van der Waals surface area contributed by atoms with Crippen LogP contribution in [-0.4, -0.2) is 120 Å². The number of phenols is 1. The SMILES string of the molecule is CO[C@H]1/C=C/O[C@@]2(C)Oc3c(C)c(=O)c4c(O)c(c5oc6cccc(OCCCCN7CCNCC7)c6nc5c4c3C2=O)NC(=O)/C(C)=C\C=C\[C@H](C)[C@H](O)[C@@H](C)[C@@H](O)[C@@H](C)[C@H](OC(C)=O)[C@@H]1C. The Morgan fingerprint density at radius 2 is 1.71 bits per heavy atom. The van der Waals surface area contributed by atoms with E-state index in [9.17, 15) is 34.5 Å². The summed E-state index contributed by atoms with van der Waals surface area (Å²) in [6, 6.07) is 5.13. The quantitative estimate of drug-likeness (QED) is 0.0445. The van der Waals surface area contributed by atoms with Crippen LogP contribution in [0.15, 0.2) is 63.6 Å². The number of piperazine rings is 1. The van der Waals surface area contributed by atoms with Crippen LogP contribution < -0.4 is 25.5 Å². The number of Topliss-reactive ketones (excluding diaryl/α,β-unsaturated/α-hetero) is 1. The molecule has 1 saturated heterocycles. The summed E-state index contributed by atoms with van der Waals surface area (Å²) >= 11 is 0. The Hall–Kier alpha value is -5.85. The second-order valence-corrected chi connectivity index (χ2v) is 18.5. The molecular weight excluding hydrogens is 877 g/mol. The molecule has 4 aromatic rings. The van der Waals surface area contributed by atoms with E-state index in [0.29, 0.717) is 12.4 Å². The van der Waals surface area contributed by atoms with Gasteiger partial charge in [-0.15, -0.1) is 0 Å². The zero-order chi connectivity index (χ0) is 49.2. The van der Waals surface area contributed by atoms with Crippen molar-refractivity contribution in [2.45, 2.75) is 98.4 Å². The van der Waals surface area contributed by atoms with Crippen LogP contribution in [0.2, 0.25) is 0 Å². The van der Waals surface area contributed by atoms with E-state index in [-0.39, 0.29) is 61.1 Å². The zero-order valence-corrected chi connectivity index (χ0v) is 40.2. The molecule has 1 fully saturated rings. The van der Waals surface area contributed by atoms with E-state index >= 15 is 0 Å². The monoisotopic (exact) mass is 940 g/mol. The molecule has 9 atom stereocenters. The first-order valence-corrected chi connectivity index (χ1v) is 23.3. The maximum Gasteiger partial charge on any atom is 0.312 e. The van der Waals surface area contributed by atoms with Crippen molar-refractivity contribution >= 4 is 56.3 Å². The number of aromatic nitrogens is 1. The van der Waals surface area contributed by atoms with Crippen molar-refractivity contribution < 1.29 is 57.8 Å². The topological polar surface area (TPSA) is 228 Å². The number of esters is 1. The number of hydrogen-bond acceptors (Lipinski definition) is 16. The Balaban J connectivity index is 1.38. The molecule has 5 N–H and O–H groups in total. The van der Waals surface area contributed by atoms with Gasteiger partial charge in [-0.25, -0.2) is 4.98 Å². The lowest BCUT2D eigenvalue weighted by molar-refractivity contribution is -0.160. The van der Waals surface area contributed by atoms with Crippen molar-refractivity contribution in [3.05, 3.63) is 75.7 Å². The minimum absolute atomic E-state index is 0.0101. The molecule has 68 heavy (non-hydrogen) atoms. The maximum absolute atomic E-state index is 14.9. The Morgan fingerprint density at radius 1 is 0.971 bits per heavy atom. The zero-order valence-electron chi connectivity index (χ0n) is 40.2. The molecule has 366 valence electrons. The number of carbonyl (C=O) groups excluding carboxylic acids is 3. The molecule has 1 amide bonds. The van der Waals surface area contributed by atoms with Crippen molar-refractivity contribution in [1.82, 2.24) is 15.2 Å². The lowest BCUT2D eigenvalue weighted by Crippen LogP contribution is -2.46. The number of ketones is 1. The van der Waals surface area contributed by atoms with Gasteiger partial charge in [0.2, 0.25) is 0 Å². The highest BCUT2D eigenvalue weighted by atomic mass is 16.7. The van der Waals surface area contributed by atoms with E-state index in [2.05, 4.69) is 15.5 Å². The molecular formula is C51H64N4O13. The summed E-state index contributed by atoms with van der Waals surface area (Å²) in [7, 11) is 1.45. The maximum atomic E-state index is 14.9. The van der Waals surface area contributed by atoms with Crippen LogP contribution in [0, 0.1) is 30.6 Å². The predicted octanol–water partition coefficient (Wildman–Crippen LogP) is 6.06. The normalized spacial score (nSPS) is 29.3. The first-order chi connectivity index (χ1) is 32.4. The van der Waals surface area contributed by atoms with Crippen molar-refractivity contribution in [2.75, 3.05) is 51.8 Å². The molecule has 7 rings (SSSR count). The molecule has 0 aliphatic carbocycles.